The summed E-state index contributed by atoms with van der Waals surface area (Å²) < 4.78 is 0. The van der Waals surface area contributed by atoms with E-state index >= 15 is 0 Å². The molecule has 0 heterocycles. The van der Waals surface area contributed by atoms with Gasteiger partial charge in [-0.1, -0.05) is 46.3 Å². The minimum atomic E-state index is 0.892. The third kappa shape index (κ3) is 8.06. The zero-order chi connectivity index (χ0) is 7.28. The van der Waals surface area contributed by atoms with Gasteiger partial charge in [0, 0.05) is 0 Å². The Morgan fingerprint density at radius 2 is 1.67 bits per heavy atom. The summed E-state index contributed by atoms with van der Waals surface area (Å²) >= 11 is 0. The second kappa shape index (κ2) is 4.90. The van der Waals surface area contributed by atoms with Gasteiger partial charge < -0.3 is 0 Å². The van der Waals surface area contributed by atoms with E-state index in [4.69, 9.17) is 0 Å². The Kier molecular flexibility index (Phi) is 4.93. The fraction of sp³-hybridized carbons (Fsp3) is 1.00. The predicted molar refractivity (Wildman–Crippen MR) is 46.5 cm³/mol. The molecule has 0 aliphatic carbocycles. The molecule has 9 heavy (non-hydrogen) atoms. The van der Waals surface area contributed by atoms with Gasteiger partial charge in [0.2, 0.25) is 0 Å². The molecule has 0 bridgehead atoms. The zero-order valence-corrected chi connectivity index (χ0v) is 7.28. The Hall–Kier alpha value is 0.0649. The molecule has 0 aliphatic rings. The molecule has 0 atom stereocenters. The third-order valence-electron chi connectivity index (χ3n) is 1.56. The highest BCUT2D eigenvalue weighted by Gasteiger charge is 1.98. The fourth-order valence-corrected chi connectivity index (χ4v) is 0.934. The Labute approximate surface area is 60.3 Å². The Morgan fingerprint density at radius 1 is 1.11 bits per heavy atom. The highest BCUT2D eigenvalue weighted by Crippen LogP contribution is 2.08. The number of hydrogen-bond acceptors (Lipinski definition) is 0. The molecule has 0 saturated carbocycles. The van der Waals surface area contributed by atoms with E-state index in [1.165, 1.54) is 20.0 Å². The first-order chi connectivity index (χ1) is 4.13. The lowest BCUT2D eigenvalue weighted by molar-refractivity contribution is 0.622. The van der Waals surface area contributed by atoms with Gasteiger partial charge in [-0.2, -0.15) is 0 Å². The lowest BCUT2D eigenvalue weighted by Gasteiger charge is -2.03. The highest BCUT2D eigenvalue weighted by atomic mass is 13.9. The van der Waals surface area contributed by atoms with Crippen LogP contribution in [0.5, 0.6) is 0 Å². The maximum absolute atomic E-state index is 2.29. The van der Waals surface area contributed by atoms with Crippen LogP contribution in [0.2, 0.25) is 12.1 Å². The van der Waals surface area contributed by atoms with Crippen molar-refractivity contribution < 1.29 is 0 Å². The topological polar surface area (TPSA) is 0 Å². The molecular weight excluding hydrogens is 107 g/mol. The van der Waals surface area contributed by atoms with Crippen LogP contribution in [0.4, 0.5) is 0 Å². The monoisotopic (exact) mass is 126 g/mol. The van der Waals surface area contributed by atoms with Crippen molar-refractivity contribution in [2.45, 2.75) is 46.3 Å². The van der Waals surface area contributed by atoms with Crippen LogP contribution < -0.4 is 0 Å². The summed E-state index contributed by atoms with van der Waals surface area (Å²) in [5.74, 6) is 1.78. The molecule has 54 valence electrons. The van der Waals surface area contributed by atoms with Gasteiger partial charge in [-0.3, -0.25) is 0 Å². The molecule has 0 spiro atoms. The molecule has 0 aromatic carbocycles. The summed E-state index contributed by atoms with van der Waals surface area (Å²) in [6, 6.07) is 0. The van der Waals surface area contributed by atoms with Crippen LogP contribution in [0.25, 0.3) is 0 Å². The quantitative estimate of drug-likeness (QED) is 0.508. The van der Waals surface area contributed by atoms with Crippen molar-refractivity contribution in [3.05, 3.63) is 0 Å². The summed E-state index contributed by atoms with van der Waals surface area (Å²) in [7, 11) is 1.40. The van der Waals surface area contributed by atoms with Gasteiger partial charge in [-0.15, -0.1) is 0 Å². The van der Waals surface area contributed by atoms with E-state index in [1.807, 2.05) is 0 Å². The van der Waals surface area contributed by atoms with Crippen LogP contribution in [0, 0.1) is 5.92 Å². The van der Waals surface area contributed by atoms with Crippen molar-refractivity contribution in [1.29, 1.82) is 0 Å². The maximum atomic E-state index is 2.29. The standard InChI is InChI=1S/C8H19B/c1-7(2)5-6-9-8(3)4/h7-9H,5-6H2,1-4H3. The molecule has 0 aromatic rings. The van der Waals surface area contributed by atoms with Gasteiger partial charge in [0.05, 0.1) is 0 Å². The molecule has 0 aromatic heterocycles. The fourth-order valence-electron chi connectivity index (χ4n) is 0.934. The summed E-state index contributed by atoms with van der Waals surface area (Å²) in [4.78, 5) is 0. The van der Waals surface area contributed by atoms with Crippen LogP contribution in [-0.4, -0.2) is 7.28 Å². The van der Waals surface area contributed by atoms with Crippen molar-refractivity contribution in [3.8, 4) is 0 Å². The summed E-state index contributed by atoms with van der Waals surface area (Å²) in [6.45, 7) is 9.17. The van der Waals surface area contributed by atoms with Crippen molar-refractivity contribution in [1.82, 2.24) is 0 Å². The molecule has 0 unspecified atom stereocenters. The van der Waals surface area contributed by atoms with Gasteiger partial charge in [-0.25, -0.2) is 0 Å². The Morgan fingerprint density at radius 3 is 2.00 bits per heavy atom. The maximum Gasteiger partial charge on any atom is 0.123 e. The van der Waals surface area contributed by atoms with E-state index in [9.17, 15) is 0 Å². The van der Waals surface area contributed by atoms with Crippen LogP contribution in [0.1, 0.15) is 34.1 Å². The zero-order valence-electron chi connectivity index (χ0n) is 7.28. The van der Waals surface area contributed by atoms with Crippen LogP contribution in [0.3, 0.4) is 0 Å². The van der Waals surface area contributed by atoms with Crippen molar-refractivity contribution in [3.63, 3.8) is 0 Å². The van der Waals surface area contributed by atoms with E-state index in [0.29, 0.717) is 0 Å². The second-order valence-corrected chi connectivity index (χ2v) is 3.72. The van der Waals surface area contributed by atoms with Crippen LogP contribution >= 0.6 is 0 Å². The van der Waals surface area contributed by atoms with Gasteiger partial charge in [-0.05, 0) is 5.92 Å². The molecule has 0 fully saturated rings. The molecule has 0 nitrogen and oxygen atoms in total. The third-order valence-corrected chi connectivity index (χ3v) is 1.56. The first-order valence-corrected chi connectivity index (χ1v) is 4.13. The van der Waals surface area contributed by atoms with Gasteiger partial charge >= 0.3 is 0 Å². The highest BCUT2D eigenvalue weighted by molar-refractivity contribution is 6.37. The van der Waals surface area contributed by atoms with Crippen molar-refractivity contribution in [2.24, 2.45) is 5.92 Å². The van der Waals surface area contributed by atoms with E-state index in [0.717, 1.165) is 11.7 Å². The second-order valence-electron chi connectivity index (χ2n) is 3.72. The molecule has 0 radical (unpaired) electrons. The van der Waals surface area contributed by atoms with Gasteiger partial charge in [0.15, 0.2) is 0 Å². The minimum Gasteiger partial charge on any atom is -0.0770 e. The molecule has 0 amide bonds. The van der Waals surface area contributed by atoms with Gasteiger partial charge in [0.25, 0.3) is 0 Å². The predicted octanol–water partition coefficient (Wildman–Crippen LogP) is 2.72. The van der Waals surface area contributed by atoms with Crippen LogP contribution in [0.15, 0.2) is 0 Å². The lowest BCUT2D eigenvalue weighted by atomic mass is 9.62. The molecule has 0 saturated heterocycles. The van der Waals surface area contributed by atoms with E-state index in [-0.39, 0.29) is 0 Å². The Bertz CT molecular complexity index is 49.6. The van der Waals surface area contributed by atoms with E-state index in [1.54, 1.807) is 0 Å². The van der Waals surface area contributed by atoms with Crippen molar-refractivity contribution in [2.75, 3.05) is 0 Å². The molecule has 0 N–H and O–H groups in total. The summed E-state index contributed by atoms with van der Waals surface area (Å²) in [5.41, 5.74) is 0. The number of rotatable bonds is 4. The molecule has 0 aliphatic heterocycles. The van der Waals surface area contributed by atoms with Crippen LogP contribution in [-0.2, 0) is 0 Å². The average molecular weight is 126 g/mol. The molecule has 1 heteroatoms. The summed E-state index contributed by atoms with van der Waals surface area (Å²) in [5, 5.41) is 0. The first-order valence-electron chi connectivity index (χ1n) is 4.13. The Balaban J connectivity index is 2.91. The van der Waals surface area contributed by atoms with Gasteiger partial charge in [0.1, 0.15) is 7.28 Å². The number of hydrogen-bond donors (Lipinski definition) is 0. The SMILES string of the molecule is CC(C)BCCC(C)C. The first kappa shape index (κ1) is 9.06. The average Bonchev–Trinajstić information content (AvgIpc) is 1.63. The molecule has 0 rings (SSSR count). The van der Waals surface area contributed by atoms with E-state index < -0.39 is 0 Å². The van der Waals surface area contributed by atoms with Crippen molar-refractivity contribution >= 4 is 7.28 Å². The largest absolute Gasteiger partial charge is 0.123 e. The normalized spacial score (nSPS) is 10.9. The molecular formula is C8H19B. The smallest absolute Gasteiger partial charge is 0.0770 e. The minimum absolute atomic E-state index is 0.892. The van der Waals surface area contributed by atoms with E-state index in [2.05, 4.69) is 27.7 Å². The lowest BCUT2D eigenvalue weighted by Crippen LogP contribution is -1.96. The summed E-state index contributed by atoms with van der Waals surface area (Å²) in [6.07, 6.45) is 2.81.